The number of fused-ring (bicyclic) bond motifs is 1. The summed E-state index contributed by atoms with van der Waals surface area (Å²) in [4.78, 5) is 4.43. The molecule has 0 aromatic carbocycles. The predicted molar refractivity (Wildman–Crippen MR) is 57.6 cm³/mol. The number of rotatable bonds is 1. The lowest BCUT2D eigenvalue weighted by Gasteiger charge is -1.97. The van der Waals surface area contributed by atoms with Gasteiger partial charge in [0.15, 0.2) is 0 Å². The Morgan fingerprint density at radius 1 is 1.54 bits per heavy atom. The van der Waals surface area contributed by atoms with Gasteiger partial charge in [0.05, 0.1) is 10.7 Å². The molecule has 0 saturated carbocycles. The molecule has 2 aromatic rings. The van der Waals surface area contributed by atoms with Gasteiger partial charge in [-0.2, -0.15) is 0 Å². The highest BCUT2D eigenvalue weighted by molar-refractivity contribution is 9.08. The van der Waals surface area contributed by atoms with Crippen LogP contribution in [0.25, 0.3) is 5.65 Å². The average molecular weight is 260 g/mol. The van der Waals surface area contributed by atoms with Crippen molar-refractivity contribution < 1.29 is 0 Å². The Hall–Kier alpha value is -0.540. The molecule has 0 aliphatic rings. The van der Waals surface area contributed by atoms with E-state index >= 15 is 0 Å². The van der Waals surface area contributed by atoms with Crippen LogP contribution in [0.2, 0.25) is 5.02 Å². The largest absolute Gasteiger partial charge is 0.305 e. The van der Waals surface area contributed by atoms with Crippen LogP contribution in [-0.2, 0) is 5.33 Å². The van der Waals surface area contributed by atoms with E-state index in [9.17, 15) is 0 Å². The Bertz CT molecular complexity index is 450. The van der Waals surface area contributed by atoms with Gasteiger partial charge < -0.3 is 4.40 Å². The minimum absolute atomic E-state index is 0.739. The quantitative estimate of drug-likeness (QED) is 0.719. The number of aromatic nitrogens is 2. The summed E-state index contributed by atoms with van der Waals surface area (Å²) in [7, 11) is 0. The van der Waals surface area contributed by atoms with E-state index in [-0.39, 0.29) is 0 Å². The Balaban J connectivity index is 2.75. The molecule has 0 spiro atoms. The van der Waals surface area contributed by atoms with E-state index in [4.69, 9.17) is 11.6 Å². The molecule has 2 heterocycles. The van der Waals surface area contributed by atoms with Crippen LogP contribution in [0.15, 0.2) is 18.5 Å². The van der Waals surface area contributed by atoms with Crippen molar-refractivity contribution in [2.24, 2.45) is 0 Å². The van der Waals surface area contributed by atoms with Gasteiger partial charge in [-0.1, -0.05) is 27.5 Å². The van der Waals surface area contributed by atoms with E-state index in [1.54, 1.807) is 0 Å². The maximum absolute atomic E-state index is 5.92. The number of halogens is 2. The number of alkyl halides is 1. The smallest absolute Gasteiger partial charge is 0.140 e. The fourth-order valence-electron chi connectivity index (χ4n) is 1.34. The van der Waals surface area contributed by atoms with Gasteiger partial charge in [0.2, 0.25) is 0 Å². The Morgan fingerprint density at radius 2 is 2.31 bits per heavy atom. The summed E-state index contributed by atoms with van der Waals surface area (Å²) in [6.07, 6.45) is 3.84. The Morgan fingerprint density at radius 3 is 3.00 bits per heavy atom. The van der Waals surface area contributed by atoms with Crippen molar-refractivity contribution in [3.63, 3.8) is 0 Å². The lowest BCUT2D eigenvalue weighted by molar-refractivity contribution is 1.16. The molecular weight excluding hydrogens is 251 g/mol. The molecule has 68 valence electrons. The number of hydrogen-bond donors (Lipinski definition) is 0. The molecule has 0 radical (unpaired) electrons. The molecule has 0 bridgehead atoms. The minimum atomic E-state index is 0.739. The molecule has 0 atom stereocenters. The number of hydrogen-bond acceptors (Lipinski definition) is 1. The first-order chi connectivity index (χ1) is 6.20. The van der Waals surface area contributed by atoms with Crippen LogP contribution in [0.3, 0.4) is 0 Å². The van der Waals surface area contributed by atoms with Crippen LogP contribution in [-0.4, -0.2) is 9.38 Å². The molecule has 2 aromatic heterocycles. The predicted octanol–water partition coefficient (Wildman–Crippen LogP) is 3.19. The van der Waals surface area contributed by atoms with Gasteiger partial charge in [0.25, 0.3) is 0 Å². The first-order valence-electron chi connectivity index (χ1n) is 3.90. The van der Waals surface area contributed by atoms with Crippen molar-refractivity contribution in [3.05, 3.63) is 34.7 Å². The van der Waals surface area contributed by atoms with Crippen LogP contribution >= 0.6 is 27.5 Å². The van der Waals surface area contributed by atoms with Crippen LogP contribution in [0.5, 0.6) is 0 Å². The van der Waals surface area contributed by atoms with Crippen LogP contribution < -0.4 is 0 Å². The normalized spacial score (nSPS) is 11.0. The van der Waals surface area contributed by atoms with Gasteiger partial charge >= 0.3 is 0 Å². The van der Waals surface area contributed by atoms with Gasteiger partial charge in [-0.05, 0) is 18.6 Å². The van der Waals surface area contributed by atoms with Gasteiger partial charge in [0.1, 0.15) is 5.65 Å². The van der Waals surface area contributed by atoms with Gasteiger partial charge in [0, 0.05) is 17.7 Å². The number of pyridine rings is 1. The van der Waals surface area contributed by atoms with Crippen molar-refractivity contribution in [3.8, 4) is 0 Å². The highest BCUT2D eigenvalue weighted by Crippen LogP contribution is 2.17. The summed E-state index contributed by atoms with van der Waals surface area (Å²) in [6.45, 7) is 2.01. The zero-order chi connectivity index (χ0) is 9.42. The zero-order valence-electron chi connectivity index (χ0n) is 7.09. The fourth-order valence-corrected chi connectivity index (χ4v) is 1.88. The van der Waals surface area contributed by atoms with Crippen molar-refractivity contribution in [2.75, 3.05) is 0 Å². The maximum Gasteiger partial charge on any atom is 0.140 e. The van der Waals surface area contributed by atoms with Gasteiger partial charge in [-0.3, -0.25) is 0 Å². The molecule has 0 unspecified atom stereocenters. The number of aryl methyl sites for hydroxylation is 1. The molecule has 0 amide bonds. The van der Waals surface area contributed by atoms with Gasteiger partial charge in [-0.15, -0.1) is 0 Å². The average Bonchev–Trinajstić information content (AvgIpc) is 2.47. The summed E-state index contributed by atoms with van der Waals surface area (Å²) >= 11 is 9.29. The Kier molecular flexibility index (Phi) is 2.30. The monoisotopic (exact) mass is 258 g/mol. The third-order valence-electron chi connectivity index (χ3n) is 1.89. The minimum Gasteiger partial charge on any atom is -0.305 e. The van der Waals surface area contributed by atoms with E-state index < -0.39 is 0 Å². The molecule has 2 rings (SSSR count). The van der Waals surface area contributed by atoms with E-state index in [1.807, 2.05) is 29.8 Å². The second-order valence-electron chi connectivity index (χ2n) is 2.94. The zero-order valence-corrected chi connectivity index (χ0v) is 9.43. The molecule has 13 heavy (non-hydrogen) atoms. The van der Waals surface area contributed by atoms with E-state index in [1.165, 1.54) is 0 Å². The maximum atomic E-state index is 5.92. The summed E-state index contributed by atoms with van der Waals surface area (Å²) < 4.78 is 1.95. The van der Waals surface area contributed by atoms with Crippen LogP contribution in [0, 0.1) is 6.92 Å². The summed E-state index contributed by atoms with van der Waals surface area (Å²) in [5.74, 6) is 0. The first-order valence-corrected chi connectivity index (χ1v) is 5.40. The molecule has 2 nitrogen and oxygen atoms in total. The molecule has 0 aliphatic carbocycles. The topological polar surface area (TPSA) is 17.3 Å². The van der Waals surface area contributed by atoms with Crippen molar-refractivity contribution in [2.45, 2.75) is 12.3 Å². The summed E-state index contributed by atoms with van der Waals surface area (Å²) in [6, 6.07) is 1.92. The second-order valence-corrected chi connectivity index (χ2v) is 3.94. The molecule has 0 N–H and O–H groups in total. The van der Waals surface area contributed by atoms with Gasteiger partial charge in [-0.25, -0.2) is 4.98 Å². The lowest BCUT2D eigenvalue weighted by Crippen LogP contribution is -1.85. The first kappa shape index (κ1) is 9.03. The SMILES string of the molecule is Cc1cc(Cl)cn2cc(CBr)nc12. The van der Waals surface area contributed by atoms with Crippen LogP contribution in [0.4, 0.5) is 0 Å². The summed E-state index contributed by atoms with van der Waals surface area (Å²) in [5.41, 5.74) is 3.09. The molecule has 4 heteroatoms. The highest BCUT2D eigenvalue weighted by Gasteiger charge is 2.03. The van der Waals surface area contributed by atoms with Crippen molar-refractivity contribution in [1.29, 1.82) is 0 Å². The standard InChI is InChI=1S/C9H8BrClN2/c1-6-2-7(11)4-13-5-8(3-10)12-9(6)13/h2,4-5H,3H2,1H3. The molecule has 0 fully saturated rings. The van der Waals surface area contributed by atoms with Crippen molar-refractivity contribution >= 4 is 33.2 Å². The fraction of sp³-hybridized carbons (Fsp3) is 0.222. The number of imidazole rings is 1. The van der Waals surface area contributed by atoms with E-state index in [0.29, 0.717) is 0 Å². The number of nitrogens with zero attached hydrogens (tertiary/aromatic N) is 2. The molecule has 0 aliphatic heterocycles. The molecular formula is C9H8BrClN2. The third-order valence-corrected chi connectivity index (χ3v) is 2.67. The Labute approximate surface area is 89.7 Å². The second kappa shape index (κ2) is 3.31. The van der Waals surface area contributed by atoms with Crippen molar-refractivity contribution in [1.82, 2.24) is 9.38 Å². The van der Waals surface area contributed by atoms with E-state index in [0.717, 1.165) is 27.3 Å². The highest BCUT2D eigenvalue weighted by atomic mass is 79.9. The lowest BCUT2D eigenvalue weighted by atomic mass is 10.3. The molecule has 0 saturated heterocycles. The summed E-state index contributed by atoms with van der Waals surface area (Å²) in [5, 5.41) is 1.51. The van der Waals surface area contributed by atoms with Crippen LogP contribution in [0.1, 0.15) is 11.3 Å². The third kappa shape index (κ3) is 1.58. The van der Waals surface area contributed by atoms with E-state index in [2.05, 4.69) is 20.9 Å².